The van der Waals surface area contributed by atoms with E-state index in [9.17, 15) is 4.79 Å². The molecule has 0 fully saturated rings. The Morgan fingerprint density at radius 3 is 2.53 bits per heavy atom. The Balaban J connectivity index is 1.56. The standard InChI is InChI=1S/C30H20N2O2S2/c1-18-9-2-3-10-19(18)27-20-11-4-7-14-24(20)34-28(25-15-8-16-35-25)21(27)17-26-29(33)32-23-13-6-5-12-22(23)31-30(32)36-26/h2-17,27H,1H3/b26-17-/t27-/m1/s1. The molecule has 1 aliphatic rings. The summed E-state index contributed by atoms with van der Waals surface area (Å²) in [6, 6.07) is 28.5. The summed E-state index contributed by atoms with van der Waals surface area (Å²) in [7, 11) is 0. The molecule has 36 heavy (non-hydrogen) atoms. The number of para-hydroxylation sites is 3. The highest BCUT2D eigenvalue weighted by Crippen LogP contribution is 2.47. The third kappa shape index (κ3) is 3.26. The number of thiophene rings is 1. The number of thiazole rings is 1. The van der Waals surface area contributed by atoms with Crippen LogP contribution in [0.2, 0.25) is 0 Å². The summed E-state index contributed by atoms with van der Waals surface area (Å²) >= 11 is 3.06. The van der Waals surface area contributed by atoms with Crippen molar-refractivity contribution in [1.29, 1.82) is 0 Å². The van der Waals surface area contributed by atoms with E-state index in [-0.39, 0.29) is 11.5 Å². The van der Waals surface area contributed by atoms with Crippen LogP contribution in [0.4, 0.5) is 0 Å². The maximum Gasteiger partial charge on any atom is 0.274 e. The Kier molecular flexibility index (Phi) is 4.91. The van der Waals surface area contributed by atoms with Gasteiger partial charge in [-0.05, 0) is 53.8 Å². The second-order valence-electron chi connectivity index (χ2n) is 8.83. The fraction of sp³-hybridized carbons (Fsp3) is 0.0667. The van der Waals surface area contributed by atoms with Crippen LogP contribution >= 0.6 is 22.7 Å². The summed E-state index contributed by atoms with van der Waals surface area (Å²) in [5, 5.41) is 2.05. The lowest BCUT2D eigenvalue weighted by atomic mass is 9.80. The number of benzene rings is 3. The van der Waals surface area contributed by atoms with Gasteiger partial charge in [-0.2, -0.15) is 0 Å². The van der Waals surface area contributed by atoms with Gasteiger partial charge in [-0.15, -0.1) is 11.3 Å². The summed E-state index contributed by atoms with van der Waals surface area (Å²) in [5.41, 5.74) is 6.09. The molecule has 0 unspecified atom stereocenters. The Morgan fingerprint density at radius 1 is 0.917 bits per heavy atom. The van der Waals surface area contributed by atoms with Gasteiger partial charge in [0.15, 0.2) is 4.96 Å². The first kappa shape index (κ1) is 21.3. The van der Waals surface area contributed by atoms with Gasteiger partial charge in [0, 0.05) is 17.1 Å². The lowest BCUT2D eigenvalue weighted by Gasteiger charge is -2.30. The molecule has 0 bridgehead atoms. The number of rotatable bonds is 3. The molecule has 3 aromatic carbocycles. The zero-order valence-electron chi connectivity index (χ0n) is 19.3. The maximum absolute atomic E-state index is 13.7. The van der Waals surface area contributed by atoms with Crippen LogP contribution in [0.15, 0.2) is 101 Å². The molecule has 0 N–H and O–H groups in total. The Hall–Kier alpha value is -4.00. The molecule has 6 heteroatoms. The van der Waals surface area contributed by atoms with Crippen molar-refractivity contribution in [1.82, 2.24) is 9.38 Å². The topological polar surface area (TPSA) is 43.6 Å². The molecule has 0 amide bonds. The van der Waals surface area contributed by atoms with Gasteiger partial charge < -0.3 is 4.74 Å². The van der Waals surface area contributed by atoms with E-state index >= 15 is 0 Å². The predicted molar refractivity (Wildman–Crippen MR) is 148 cm³/mol. The molecule has 0 spiro atoms. The molecule has 0 radical (unpaired) electrons. The van der Waals surface area contributed by atoms with E-state index in [1.165, 1.54) is 22.5 Å². The SMILES string of the molecule is Cc1ccccc1[C@H]1C(/C=c2\sc3nc4ccccc4n3c2=O)=C(c2cccs2)Oc2ccccc21. The molecule has 1 aliphatic heterocycles. The first-order valence-electron chi connectivity index (χ1n) is 11.7. The number of imidazole rings is 1. The second-order valence-corrected chi connectivity index (χ2v) is 10.8. The number of hydrogen-bond acceptors (Lipinski definition) is 5. The molecule has 1 atom stereocenters. The van der Waals surface area contributed by atoms with Crippen molar-refractivity contribution in [2.24, 2.45) is 0 Å². The molecule has 0 saturated heterocycles. The van der Waals surface area contributed by atoms with Gasteiger partial charge in [-0.3, -0.25) is 4.79 Å². The van der Waals surface area contributed by atoms with Crippen LogP contribution in [0.25, 0.3) is 27.8 Å². The third-order valence-electron chi connectivity index (χ3n) is 6.69. The number of allylic oxidation sites excluding steroid dienone is 1. The average molecular weight is 505 g/mol. The molecule has 0 saturated carbocycles. The van der Waals surface area contributed by atoms with E-state index in [2.05, 4.69) is 48.7 Å². The third-order valence-corrected chi connectivity index (χ3v) is 8.53. The lowest BCUT2D eigenvalue weighted by molar-refractivity contribution is 0.490. The van der Waals surface area contributed by atoms with Crippen molar-refractivity contribution in [3.05, 3.63) is 132 Å². The largest absolute Gasteiger partial charge is 0.455 e. The summed E-state index contributed by atoms with van der Waals surface area (Å²) in [4.78, 5) is 20.1. The molecule has 7 rings (SSSR count). The van der Waals surface area contributed by atoms with Gasteiger partial charge in [-0.1, -0.05) is 72.0 Å². The van der Waals surface area contributed by atoms with Crippen LogP contribution in [0.5, 0.6) is 5.75 Å². The molecular weight excluding hydrogens is 484 g/mol. The molecule has 4 nitrogen and oxygen atoms in total. The highest BCUT2D eigenvalue weighted by atomic mass is 32.1. The lowest BCUT2D eigenvalue weighted by Crippen LogP contribution is -2.25. The number of aromatic nitrogens is 2. The van der Waals surface area contributed by atoms with Crippen LogP contribution < -0.4 is 14.8 Å². The Labute approximate surface area is 215 Å². The molecular formula is C30H20N2O2S2. The van der Waals surface area contributed by atoms with Crippen molar-refractivity contribution >= 4 is 50.5 Å². The van der Waals surface area contributed by atoms with Crippen molar-refractivity contribution in [2.75, 3.05) is 0 Å². The molecule has 4 heterocycles. The minimum Gasteiger partial charge on any atom is -0.455 e. The van der Waals surface area contributed by atoms with Crippen LogP contribution in [0, 0.1) is 6.92 Å². The fourth-order valence-corrected chi connectivity index (χ4v) is 6.73. The van der Waals surface area contributed by atoms with Gasteiger partial charge in [0.25, 0.3) is 5.56 Å². The number of ether oxygens (including phenoxy) is 1. The van der Waals surface area contributed by atoms with Crippen molar-refractivity contribution in [3.8, 4) is 5.75 Å². The van der Waals surface area contributed by atoms with Crippen molar-refractivity contribution in [2.45, 2.75) is 12.8 Å². The number of fused-ring (bicyclic) bond motifs is 4. The zero-order valence-corrected chi connectivity index (χ0v) is 21.0. The van der Waals surface area contributed by atoms with E-state index in [1.54, 1.807) is 15.7 Å². The summed E-state index contributed by atoms with van der Waals surface area (Å²) in [6.45, 7) is 2.14. The van der Waals surface area contributed by atoms with Crippen LogP contribution in [-0.4, -0.2) is 9.38 Å². The van der Waals surface area contributed by atoms with Gasteiger partial charge in [-0.25, -0.2) is 9.38 Å². The van der Waals surface area contributed by atoms with Crippen molar-refractivity contribution < 1.29 is 4.74 Å². The van der Waals surface area contributed by atoms with Gasteiger partial charge in [0.1, 0.15) is 11.5 Å². The van der Waals surface area contributed by atoms with Crippen molar-refractivity contribution in [3.63, 3.8) is 0 Å². The number of nitrogens with zero attached hydrogens (tertiary/aromatic N) is 2. The molecule has 6 aromatic rings. The quantitative estimate of drug-likeness (QED) is 0.280. The molecule has 174 valence electrons. The summed E-state index contributed by atoms with van der Waals surface area (Å²) in [5.74, 6) is 1.58. The zero-order chi connectivity index (χ0) is 24.2. The van der Waals surface area contributed by atoms with Gasteiger partial charge in [0.05, 0.1) is 20.4 Å². The monoisotopic (exact) mass is 504 g/mol. The highest BCUT2D eigenvalue weighted by molar-refractivity contribution is 7.15. The average Bonchev–Trinajstić information content (AvgIpc) is 3.62. The van der Waals surface area contributed by atoms with E-state index < -0.39 is 0 Å². The van der Waals surface area contributed by atoms with E-state index in [4.69, 9.17) is 9.72 Å². The normalized spacial score (nSPS) is 16.0. The minimum absolute atomic E-state index is 0.0517. The highest BCUT2D eigenvalue weighted by Gasteiger charge is 2.32. The first-order chi connectivity index (χ1) is 17.7. The van der Waals surface area contributed by atoms with E-state index in [0.29, 0.717) is 9.49 Å². The fourth-order valence-electron chi connectivity index (χ4n) is 5.03. The van der Waals surface area contributed by atoms with Crippen LogP contribution in [0.1, 0.15) is 27.5 Å². The smallest absolute Gasteiger partial charge is 0.274 e. The molecule has 3 aromatic heterocycles. The van der Waals surface area contributed by atoms with Gasteiger partial charge in [0.2, 0.25) is 0 Å². The van der Waals surface area contributed by atoms with Crippen LogP contribution in [-0.2, 0) is 0 Å². The van der Waals surface area contributed by atoms with E-state index in [0.717, 1.165) is 38.6 Å². The Morgan fingerprint density at radius 2 is 1.69 bits per heavy atom. The van der Waals surface area contributed by atoms with Gasteiger partial charge >= 0.3 is 0 Å². The number of aryl methyl sites for hydroxylation is 1. The van der Waals surface area contributed by atoms with Crippen LogP contribution in [0.3, 0.4) is 0 Å². The maximum atomic E-state index is 13.7. The summed E-state index contributed by atoms with van der Waals surface area (Å²) < 4.78 is 8.92. The Bertz CT molecular complexity index is 1910. The number of hydrogen-bond donors (Lipinski definition) is 0. The molecule has 0 aliphatic carbocycles. The van der Waals surface area contributed by atoms with E-state index in [1.807, 2.05) is 54.6 Å². The predicted octanol–water partition coefficient (Wildman–Crippen LogP) is 6.41. The second kappa shape index (κ2) is 8.29. The minimum atomic E-state index is -0.0705. The summed E-state index contributed by atoms with van der Waals surface area (Å²) in [6.07, 6.45) is 2.03. The first-order valence-corrected chi connectivity index (χ1v) is 13.4.